The van der Waals surface area contributed by atoms with E-state index in [9.17, 15) is 8.78 Å². The Morgan fingerprint density at radius 1 is 1.10 bits per heavy atom. The van der Waals surface area contributed by atoms with Crippen LogP contribution < -0.4 is 10.5 Å². The molecule has 2 nitrogen and oxygen atoms in total. The van der Waals surface area contributed by atoms with E-state index in [1.807, 2.05) is 12.1 Å². The van der Waals surface area contributed by atoms with Crippen LogP contribution in [0.25, 0.3) is 0 Å². The molecular formula is C15H12BrF2NO. The van der Waals surface area contributed by atoms with Crippen molar-refractivity contribution in [3.63, 3.8) is 0 Å². The minimum atomic E-state index is -0.581. The second kappa shape index (κ2) is 5.14. The summed E-state index contributed by atoms with van der Waals surface area (Å²) >= 11 is 3.36. The summed E-state index contributed by atoms with van der Waals surface area (Å²) in [6, 6.07) is 8.64. The molecule has 104 valence electrons. The number of halogens is 3. The molecule has 0 saturated heterocycles. The fourth-order valence-corrected chi connectivity index (χ4v) is 2.77. The van der Waals surface area contributed by atoms with E-state index in [0.29, 0.717) is 12.2 Å². The molecular weight excluding hydrogens is 328 g/mol. The summed E-state index contributed by atoms with van der Waals surface area (Å²) in [6.07, 6.45) is -0.169. The molecule has 20 heavy (non-hydrogen) atoms. The third kappa shape index (κ3) is 2.43. The Labute approximate surface area is 123 Å². The van der Waals surface area contributed by atoms with E-state index < -0.39 is 17.7 Å². The molecule has 0 aromatic heterocycles. The number of benzene rings is 2. The number of hydrogen-bond donors (Lipinski definition) is 1. The Kier molecular flexibility index (Phi) is 3.48. The number of nitrogens with two attached hydrogens (primary N) is 1. The van der Waals surface area contributed by atoms with E-state index in [4.69, 9.17) is 10.5 Å². The first kappa shape index (κ1) is 13.5. The molecule has 2 atom stereocenters. The predicted molar refractivity (Wildman–Crippen MR) is 75.4 cm³/mol. The average Bonchev–Trinajstić information content (AvgIpc) is 2.41. The van der Waals surface area contributed by atoms with Gasteiger partial charge in [0.15, 0.2) is 0 Å². The van der Waals surface area contributed by atoms with Crippen LogP contribution in [-0.2, 0) is 0 Å². The van der Waals surface area contributed by atoms with Crippen LogP contribution in [0.4, 0.5) is 8.78 Å². The van der Waals surface area contributed by atoms with Gasteiger partial charge in [-0.05, 0) is 30.3 Å². The van der Waals surface area contributed by atoms with E-state index in [1.54, 1.807) is 6.07 Å². The quantitative estimate of drug-likeness (QED) is 0.842. The van der Waals surface area contributed by atoms with Gasteiger partial charge >= 0.3 is 0 Å². The van der Waals surface area contributed by atoms with Crippen molar-refractivity contribution in [3.8, 4) is 5.75 Å². The lowest BCUT2D eigenvalue weighted by Crippen LogP contribution is -2.24. The highest BCUT2D eigenvalue weighted by atomic mass is 79.9. The summed E-state index contributed by atoms with van der Waals surface area (Å²) in [4.78, 5) is 0. The lowest BCUT2D eigenvalue weighted by Gasteiger charge is -2.30. The highest BCUT2D eigenvalue weighted by molar-refractivity contribution is 9.10. The Hall–Kier alpha value is -1.46. The summed E-state index contributed by atoms with van der Waals surface area (Å²) < 4.78 is 33.8. The number of rotatable bonds is 1. The van der Waals surface area contributed by atoms with Crippen molar-refractivity contribution in [3.05, 3.63) is 63.6 Å². The molecule has 0 bridgehead atoms. The summed E-state index contributed by atoms with van der Waals surface area (Å²) in [5, 5.41) is 0. The molecule has 2 N–H and O–H groups in total. The number of hydrogen-bond acceptors (Lipinski definition) is 2. The minimum Gasteiger partial charge on any atom is -0.485 e. The zero-order valence-corrected chi connectivity index (χ0v) is 12.0. The Morgan fingerprint density at radius 2 is 1.90 bits per heavy atom. The van der Waals surface area contributed by atoms with Crippen LogP contribution in [0.3, 0.4) is 0 Å². The van der Waals surface area contributed by atoms with Crippen LogP contribution >= 0.6 is 15.9 Å². The maximum atomic E-state index is 13.8. The Balaban J connectivity index is 2.00. The van der Waals surface area contributed by atoms with Gasteiger partial charge in [0.1, 0.15) is 23.5 Å². The van der Waals surface area contributed by atoms with E-state index in [2.05, 4.69) is 15.9 Å². The lowest BCUT2D eigenvalue weighted by molar-refractivity contribution is 0.157. The monoisotopic (exact) mass is 339 g/mol. The molecule has 0 aliphatic carbocycles. The van der Waals surface area contributed by atoms with Crippen molar-refractivity contribution in [2.45, 2.75) is 18.6 Å². The molecule has 1 aliphatic rings. The van der Waals surface area contributed by atoms with Gasteiger partial charge in [-0.1, -0.05) is 22.0 Å². The first-order valence-corrected chi connectivity index (χ1v) is 7.00. The van der Waals surface area contributed by atoms with Crippen LogP contribution in [0.5, 0.6) is 5.75 Å². The molecule has 1 unspecified atom stereocenters. The first-order valence-electron chi connectivity index (χ1n) is 6.21. The molecule has 1 aliphatic heterocycles. The van der Waals surface area contributed by atoms with Crippen molar-refractivity contribution < 1.29 is 13.5 Å². The van der Waals surface area contributed by atoms with Gasteiger partial charge in [0.25, 0.3) is 0 Å². The normalized spacial score (nSPS) is 21.2. The molecule has 0 saturated carbocycles. The second-order valence-electron chi connectivity index (χ2n) is 4.80. The molecule has 0 amide bonds. The van der Waals surface area contributed by atoms with Crippen molar-refractivity contribution in [1.29, 1.82) is 0 Å². The maximum absolute atomic E-state index is 13.8. The molecule has 0 spiro atoms. The van der Waals surface area contributed by atoms with Gasteiger partial charge in [0, 0.05) is 28.1 Å². The zero-order chi connectivity index (χ0) is 14.3. The van der Waals surface area contributed by atoms with Crippen LogP contribution in [-0.4, -0.2) is 0 Å². The highest BCUT2D eigenvalue weighted by Gasteiger charge is 2.29. The molecule has 2 aromatic carbocycles. The van der Waals surface area contributed by atoms with Crippen molar-refractivity contribution in [2.24, 2.45) is 5.73 Å². The fraction of sp³-hybridized carbons (Fsp3) is 0.200. The van der Waals surface area contributed by atoms with E-state index >= 15 is 0 Å². The summed E-state index contributed by atoms with van der Waals surface area (Å²) in [7, 11) is 0. The average molecular weight is 340 g/mol. The van der Waals surface area contributed by atoms with Crippen LogP contribution in [0, 0.1) is 11.6 Å². The van der Waals surface area contributed by atoms with Gasteiger partial charge in [0.05, 0.1) is 0 Å². The molecule has 0 radical (unpaired) electrons. The first-order chi connectivity index (χ1) is 9.54. The van der Waals surface area contributed by atoms with Crippen molar-refractivity contribution in [1.82, 2.24) is 0 Å². The highest BCUT2D eigenvalue weighted by Crippen LogP contribution is 2.41. The fourth-order valence-electron chi connectivity index (χ4n) is 2.43. The minimum absolute atomic E-state index is 0.200. The standard InChI is InChI=1S/C15H12BrF2NO/c16-8-1-3-10-13(19)7-15(20-14(10)5-8)11-6-9(17)2-4-12(11)18/h1-6,13,15H,7,19H2/t13-,15?/m0/s1. The van der Waals surface area contributed by atoms with Gasteiger partial charge in [0.2, 0.25) is 0 Å². The maximum Gasteiger partial charge on any atom is 0.130 e. The van der Waals surface area contributed by atoms with Gasteiger partial charge in [-0.15, -0.1) is 0 Å². The summed E-state index contributed by atoms with van der Waals surface area (Å²) in [5.41, 5.74) is 7.18. The van der Waals surface area contributed by atoms with Gasteiger partial charge in [-0.3, -0.25) is 0 Å². The molecule has 0 fully saturated rings. The summed E-state index contributed by atoms with van der Waals surface area (Å²) in [5.74, 6) is -0.368. The van der Waals surface area contributed by atoms with E-state index in [1.165, 1.54) is 0 Å². The van der Waals surface area contributed by atoms with E-state index in [0.717, 1.165) is 28.2 Å². The predicted octanol–water partition coefficient (Wildman–Crippen LogP) is 4.25. The second-order valence-corrected chi connectivity index (χ2v) is 5.71. The van der Waals surface area contributed by atoms with Crippen LogP contribution in [0.1, 0.15) is 29.7 Å². The molecule has 3 rings (SSSR count). The third-order valence-electron chi connectivity index (χ3n) is 3.42. The SMILES string of the molecule is N[C@H]1CC(c2cc(F)ccc2F)Oc2cc(Br)ccc21. The molecule has 5 heteroatoms. The van der Waals surface area contributed by atoms with Gasteiger partial charge in [-0.25, -0.2) is 8.78 Å². The van der Waals surface area contributed by atoms with Gasteiger partial charge in [-0.2, -0.15) is 0 Å². The third-order valence-corrected chi connectivity index (χ3v) is 3.91. The topological polar surface area (TPSA) is 35.2 Å². The van der Waals surface area contributed by atoms with E-state index in [-0.39, 0.29) is 11.6 Å². The van der Waals surface area contributed by atoms with Crippen LogP contribution in [0.2, 0.25) is 0 Å². The smallest absolute Gasteiger partial charge is 0.130 e. The largest absolute Gasteiger partial charge is 0.485 e. The number of ether oxygens (including phenoxy) is 1. The van der Waals surface area contributed by atoms with Crippen molar-refractivity contribution >= 4 is 15.9 Å². The Bertz CT molecular complexity index is 662. The van der Waals surface area contributed by atoms with Gasteiger partial charge < -0.3 is 10.5 Å². The molecule has 2 aromatic rings. The van der Waals surface area contributed by atoms with Crippen LogP contribution in [0.15, 0.2) is 40.9 Å². The zero-order valence-electron chi connectivity index (χ0n) is 10.4. The number of fused-ring (bicyclic) bond motifs is 1. The molecule has 1 heterocycles. The summed E-state index contributed by atoms with van der Waals surface area (Å²) in [6.45, 7) is 0. The lowest BCUT2D eigenvalue weighted by atomic mass is 9.93. The Morgan fingerprint density at radius 3 is 2.70 bits per heavy atom. The van der Waals surface area contributed by atoms with Crippen molar-refractivity contribution in [2.75, 3.05) is 0 Å².